The van der Waals surface area contributed by atoms with E-state index in [9.17, 15) is 0 Å². The number of nitrogens with two attached hydrogens (primary N) is 1. The minimum atomic E-state index is 0.422. The van der Waals surface area contributed by atoms with Gasteiger partial charge < -0.3 is 15.2 Å². The van der Waals surface area contributed by atoms with E-state index in [1.807, 2.05) is 6.20 Å². The molecule has 0 spiro atoms. The van der Waals surface area contributed by atoms with E-state index in [0.29, 0.717) is 12.0 Å². The third-order valence-electron chi connectivity index (χ3n) is 3.14. The number of likely N-dealkylation sites (tertiary alicyclic amines) is 1. The van der Waals surface area contributed by atoms with Gasteiger partial charge in [0.2, 0.25) is 0 Å². The molecule has 0 aliphatic carbocycles. The SMILES string of the molecule is CC(CN1CCCCC1)n1ccnc1N. The Labute approximate surface area is 91.1 Å². The van der Waals surface area contributed by atoms with Crippen LogP contribution >= 0.6 is 0 Å². The molecule has 1 atom stereocenters. The Kier molecular flexibility index (Phi) is 3.26. The average Bonchev–Trinajstić information content (AvgIpc) is 2.66. The first-order valence-corrected chi connectivity index (χ1v) is 5.78. The Balaban J connectivity index is 1.91. The van der Waals surface area contributed by atoms with Crippen molar-refractivity contribution in [3.05, 3.63) is 12.4 Å². The van der Waals surface area contributed by atoms with E-state index in [-0.39, 0.29) is 0 Å². The Bertz CT molecular complexity index is 301. The van der Waals surface area contributed by atoms with Gasteiger partial charge in [-0.1, -0.05) is 6.42 Å². The summed E-state index contributed by atoms with van der Waals surface area (Å²) in [6, 6.07) is 0.422. The van der Waals surface area contributed by atoms with Crippen molar-refractivity contribution in [2.24, 2.45) is 0 Å². The molecule has 1 aromatic heterocycles. The lowest BCUT2D eigenvalue weighted by atomic mass is 10.1. The molecule has 1 fully saturated rings. The summed E-state index contributed by atoms with van der Waals surface area (Å²) in [4.78, 5) is 6.57. The van der Waals surface area contributed by atoms with Crippen molar-refractivity contribution in [3.63, 3.8) is 0 Å². The zero-order valence-electron chi connectivity index (χ0n) is 9.39. The predicted octanol–water partition coefficient (Wildman–Crippen LogP) is 1.51. The van der Waals surface area contributed by atoms with Crippen LogP contribution in [0.2, 0.25) is 0 Å². The third-order valence-corrected chi connectivity index (χ3v) is 3.14. The van der Waals surface area contributed by atoms with Gasteiger partial charge in [0.15, 0.2) is 5.95 Å². The Morgan fingerprint density at radius 3 is 2.73 bits per heavy atom. The molecule has 0 aromatic carbocycles. The number of anilines is 1. The van der Waals surface area contributed by atoms with Gasteiger partial charge in [0, 0.05) is 25.0 Å². The predicted molar refractivity (Wildman–Crippen MR) is 61.6 cm³/mol. The topological polar surface area (TPSA) is 47.1 Å². The van der Waals surface area contributed by atoms with Crippen molar-refractivity contribution in [3.8, 4) is 0 Å². The van der Waals surface area contributed by atoms with Crippen molar-refractivity contribution < 1.29 is 0 Å². The van der Waals surface area contributed by atoms with Gasteiger partial charge >= 0.3 is 0 Å². The smallest absolute Gasteiger partial charge is 0.200 e. The number of imidazole rings is 1. The van der Waals surface area contributed by atoms with E-state index in [1.54, 1.807) is 6.20 Å². The summed E-state index contributed by atoms with van der Waals surface area (Å²) in [5.41, 5.74) is 5.78. The van der Waals surface area contributed by atoms with Gasteiger partial charge in [-0.2, -0.15) is 0 Å². The Morgan fingerprint density at radius 1 is 1.40 bits per heavy atom. The van der Waals surface area contributed by atoms with Crippen LogP contribution in [-0.4, -0.2) is 34.1 Å². The van der Waals surface area contributed by atoms with Crippen LogP contribution in [0.25, 0.3) is 0 Å². The Hall–Kier alpha value is -1.03. The average molecular weight is 208 g/mol. The van der Waals surface area contributed by atoms with Crippen LogP contribution in [0.1, 0.15) is 32.2 Å². The van der Waals surface area contributed by atoms with Gasteiger partial charge in [-0.15, -0.1) is 0 Å². The van der Waals surface area contributed by atoms with Crippen molar-refractivity contribution >= 4 is 5.95 Å². The van der Waals surface area contributed by atoms with Crippen LogP contribution in [0.15, 0.2) is 12.4 Å². The summed E-state index contributed by atoms with van der Waals surface area (Å²) in [6.07, 6.45) is 7.79. The molecule has 0 bridgehead atoms. The second kappa shape index (κ2) is 4.66. The van der Waals surface area contributed by atoms with E-state index >= 15 is 0 Å². The minimum absolute atomic E-state index is 0.422. The maximum Gasteiger partial charge on any atom is 0.200 e. The second-order valence-electron chi connectivity index (χ2n) is 4.40. The van der Waals surface area contributed by atoms with E-state index in [4.69, 9.17) is 5.73 Å². The summed E-state index contributed by atoms with van der Waals surface area (Å²) < 4.78 is 2.05. The van der Waals surface area contributed by atoms with Crippen molar-refractivity contribution in [1.82, 2.24) is 14.5 Å². The molecule has 0 radical (unpaired) electrons. The molecule has 2 heterocycles. The quantitative estimate of drug-likeness (QED) is 0.819. The van der Waals surface area contributed by atoms with Crippen LogP contribution in [0.5, 0.6) is 0 Å². The van der Waals surface area contributed by atoms with E-state index < -0.39 is 0 Å². The van der Waals surface area contributed by atoms with Crippen molar-refractivity contribution in [2.75, 3.05) is 25.4 Å². The van der Waals surface area contributed by atoms with Crippen LogP contribution in [-0.2, 0) is 0 Å². The molecule has 0 saturated carbocycles. The highest BCUT2D eigenvalue weighted by Gasteiger charge is 2.15. The molecule has 1 unspecified atom stereocenters. The van der Waals surface area contributed by atoms with Crippen LogP contribution in [0.4, 0.5) is 5.95 Å². The molecular weight excluding hydrogens is 188 g/mol. The van der Waals surface area contributed by atoms with Crippen LogP contribution in [0, 0.1) is 0 Å². The maximum absolute atomic E-state index is 5.78. The molecule has 2 N–H and O–H groups in total. The summed E-state index contributed by atoms with van der Waals surface area (Å²) in [5.74, 6) is 0.625. The summed E-state index contributed by atoms with van der Waals surface area (Å²) in [7, 11) is 0. The highest BCUT2D eigenvalue weighted by Crippen LogP contribution is 2.15. The zero-order valence-corrected chi connectivity index (χ0v) is 9.39. The fraction of sp³-hybridized carbons (Fsp3) is 0.727. The van der Waals surface area contributed by atoms with Crippen molar-refractivity contribution in [1.29, 1.82) is 0 Å². The van der Waals surface area contributed by atoms with E-state index in [1.165, 1.54) is 32.4 Å². The minimum Gasteiger partial charge on any atom is -0.369 e. The third kappa shape index (κ3) is 2.50. The first kappa shape index (κ1) is 10.5. The summed E-state index contributed by atoms with van der Waals surface area (Å²) in [5, 5.41) is 0. The number of aromatic nitrogens is 2. The molecule has 0 amide bonds. The molecule has 15 heavy (non-hydrogen) atoms. The second-order valence-corrected chi connectivity index (χ2v) is 4.40. The molecule has 1 saturated heterocycles. The normalized spacial score (nSPS) is 20.3. The van der Waals surface area contributed by atoms with Gasteiger partial charge in [-0.3, -0.25) is 0 Å². The zero-order chi connectivity index (χ0) is 10.7. The first-order chi connectivity index (χ1) is 7.27. The van der Waals surface area contributed by atoms with Crippen LogP contribution in [0.3, 0.4) is 0 Å². The maximum atomic E-state index is 5.78. The van der Waals surface area contributed by atoms with E-state index in [0.717, 1.165) is 6.54 Å². The highest BCUT2D eigenvalue weighted by molar-refractivity contribution is 5.17. The molecule has 1 aliphatic heterocycles. The number of hydrogen-bond donors (Lipinski definition) is 1. The van der Waals surface area contributed by atoms with Gasteiger partial charge in [0.1, 0.15) is 0 Å². The lowest BCUT2D eigenvalue weighted by Crippen LogP contribution is -2.34. The molecule has 4 nitrogen and oxygen atoms in total. The first-order valence-electron chi connectivity index (χ1n) is 5.78. The number of nitrogens with zero attached hydrogens (tertiary/aromatic N) is 3. The van der Waals surface area contributed by atoms with Crippen molar-refractivity contribution in [2.45, 2.75) is 32.2 Å². The number of nitrogen functional groups attached to an aromatic ring is 1. The molecule has 1 aromatic rings. The highest BCUT2D eigenvalue weighted by atomic mass is 15.2. The molecular formula is C11H20N4. The van der Waals surface area contributed by atoms with Gasteiger partial charge in [-0.05, 0) is 32.9 Å². The van der Waals surface area contributed by atoms with Gasteiger partial charge in [0.05, 0.1) is 0 Å². The summed E-state index contributed by atoms with van der Waals surface area (Å²) in [6.45, 7) is 5.76. The number of piperidine rings is 1. The lowest BCUT2D eigenvalue weighted by Gasteiger charge is -2.29. The molecule has 4 heteroatoms. The van der Waals surface area contributed by atoms with E-state index in [2.05, 4.69) is 21.4 Å². The summed E-state index contributed by atoms with van der Waals surface area (Å²) >= 11 is 0. The van der Waals surface area contributed by atoms with Gasteiger partial charge in [-0.25, -0.2) is 4.98 Å². The fourth-order valence-corrected chi connectivity index (χ4v) is 2.30. The molecule has 2 rings (SSSR count). The standard InChI is InChI=1S/C11H20N4/c1-10(15-8-5-13-11(15)12)9-14-6-3-2-4-7-14/h5,8,10H,2-4,6-7,9H2,1H3,(H2,12,13). The largest absolute Gasteiger partial charge is 0.369 e. The Morgan fingerprint density at radius 2 is 2.13 bits per heavy atom. The van der Waals surface area contributed by atoms with Gasteiger partial charge in [0.25, 0.3) is 0 Å². The fourth-order valence-electron chi connectivity index (χ4n) is 2.30. The lowest BCUT2D eigenvalue weighted by molar-refractivity contribution is 0.202. The number of rotatable bonds is 3. The monoisotopic (exact) mass is 208 g/mol. The molecule has 1 aliphatic rings. The number of hydrogen-bond acceptors (Lipinski definition) is 3. The van der Waals surface area contributed by atoms with Crippen LogP contribution < -0.4 is 5.73 Å². The molecule has 84 valence electrons.